The lowest BCUT2D eigenvalue weighted by Crippen LogP contribution is -2.37. The number of thioether (sulfide) groups is 1. The third-order valence-corrected chi connectivity index (χ3v) is 9.83. The SMILES string of the molecule is O=C(CSc1nc2ccccc2s1)N1CCCc2cc(S(=O)(=O)N3CCCC3)ccc21. The minimum atomic E-state index is -3.45. The van der Waals surface area contributed by atoms with Crippen LogP contribution < -0.4 is 4.90 Å². The summed E-state index contributed by atoms with van der Waals surface area (Å²) in [6.07, 6.45) is 3.45. The predicted molar refractivity (Wildman–Crippen MR) is 125 cm³/mol. The molecule has 0 spiro atoms. The van der Waals surface area contributed by atoms with Gasteiger partial charge in [0.1, 0.15) is 0 Å². The average Bonchev–Trinajstić information content (AvgIpc) is 3.46. The zero-order chi connectivity index (χ0) is 21.4. The van der Waals surface area contributed by atoms with Crippen molar-refractivity contribution in [3.63, 3.8) is 0 Å². The number of benzene rings is 2. The van der Waals surface area contributed by atoms with Gasteiger partial charge in [0.05, 0.1) is 20.9 Å². The summed E-state index contributed by atoms with van der Waals surface area (Å²) in [4.78, 5) is 19.7. The van der Waals surface area contributed by atoms with Crippen LogP contribution in [-0.2, 0) is 21.2 Å². The van der Waals surface area contributed by atoms with Gasteiger partial charge in [0.25, 0.3) is 0 Å². The minimum Gasteiger partial charge on any atom is -0.311 e. The summed E-state index contributed by atoms with van der Waals surface area (Å²) in [6.45, 7) is 1.84. The number of rotatable bonds is 5. The fourth-order valence-corrected chi connectivity index (χ4v) is 7.70. The largest absolute Gasteiger partial charge is 0.311 e. The summed E-state index contributed by atoms with van der Waals surface area (Å²) in [7, 11) is -3.45. The topological polar surface area (TPSA) is 70.6 Å². The highest BCUT2D eigenvalue weighted by molar-refractivity contribution is 8.01. The fourth-order valence-electron chi connectivity index (χ4n) is 4.18. The predicted octanol–water partition coefficient (Wildman–Crippen LogP) is 4.15. The number of carbonyl (C=O) groups excluding carboxylic acids is 1. The van der Waals surface area contributed by atoms with Crippen LogP contribution in [0.15, 0.2) is 51.7 Å². The molecule has 2 aliphatic rings. The van der Waals surface area contributed by atoms with E-state index in [4.69, 9.17) is 0 Å². The van der Waals surface area contributed by atoms with E-state index in [1.54, 1.807) is 38.7 Å². The van der Waals surface area contributed by atoms with Crippen molar-refractivity contribution in [1.29, 1.82) is 0 Å². The Morgan fingerprint density at radius 2 is 1.87 bits per heavy atom. The van der Waals surface area contributed by atoms with E-state index in [2.05, 4.69) is 4.98 Å². The molecule has 31 heavy (non-hydrogen) atoms. The third kappa shape index (κ3) is 4.11. The zero-order valence-electron chi connectivity index (χ0n) is 17.0. The van der Waals surface area contributed by atoms with Crippen LogP contribution in [-0.4, -0.2) is 49.0 Å². The van der Waals surface area contributed by atoms with Crippen molar-refractivity contribution in [1.82, 2.24) is 9.29 Å². The maximum absolute atomic E-state index is 13.0. The van der Waals surface area contributed by atoms with Gasteiger partial charge < -0.3 is 4.90 Å². The van der Waals surface area contributed by atoms with Gasteiger partial charge in [-0.3, -0.25) is 4.79 Å². The summed E-state index contributed by atoms with van der Waals surface area (Å²) in [6, 6.07) is 13.2. The molecule has 0 N–H and O–H groups in total. The molecule has 3 aromatic rings. The fraction of sp³-hybridized carbons (Fsp3) is 0.364. The van der Waals surface area contributed by atoms with Crippen LogP contribution in [0.4, 0.5) is 5.69 Å². The Hall–Kier alpha value is -1.94. The molecule has 2 aromatic carbocycles. The summed E-state index contributed by atoms with van der Waals surface area (Å²) < 4.78 is 29.4. The van der Waals surface area contributed by atoms with Gasteiger partial charge >= 0.3 is 0 Å². The van der Waals surface area contributed by atoms with Gasteiger partial charge in [0.2, 0.25) is 15.9 Å². The molecule has 162 valence electrons. The molecule has 0 aliphatic carbocycles. The number of amides is 1. The van der Waals surface area contributed by atoms with E-state index >= 15 is 0 Å². The zero-order valence-corrected chi connectivity index (χ0v) is 19.4. The van der Waals surface area contributed by atoms with Crippen LogP contribution in [0.2, 0.25) is 0 Å². The van der Waals surface area contributed by atoms with Gasteiger partial charge in [-0.1, -0.05) is 23.9 Å². The van der Waals surface area contributed by atoms with Crippen molar-refractivity contribution >= 4 is 54.9 Å². The monoisotopic (exact) mass is 473 g/mol. The standard InChI is InChI=1S/C22H23N3O3S3/c26-21(15-29-22-23-18-7-1-2-8-20(18)30-22)25-13-5-6-16-14-17(9-10-19(16)25)31(27,28)24-11-3-4-12-24/h1-2,7-10,14H,3-6,11-13,15H2. The number of sulfonamides is 1. The number of carbonyl (C=O) groups is 1. The van der Waals surface area contributed by atoms with Crippen LogP contribution >= 0.6 is 23.1 Å². The van der Waals surface area contributed by atoms with Crippen molar-refractivity contribution in [3.8, 4) is 0 Å². The van der Waals surface area contributed by atoms with Crippen LogP contribution in [0.1, 0.15) is 24.8 Å². The van der Waals surface area contributed by atoms with Crippen molar-refractivity contribution in [2.75, 3.05) is 30.3 Å². The number of anilines is 1. The number of thiazole rings is 1. The highest BCUT2D eigenvalue weighted by Crippen LogP contribution is 2.33. The quantitative estimate of drug-likeness (QED) is 0.521. The lowest BCUT2D eigenvalue weighted by Gasteiger charge is -2.30. The maximum Gasteiger partial charge on any atom is 0.243 e. The number of fused-ring (bicyclic) bond motifs is 2. The molecule has 1 fully saturated rings. The van der Waals surface area contributed by atoms with E-state index in [0.29, 0.717) is 30.3 Å². The Morgan fingerprint density at radius 3 is 2.68 bits per heavy atom. The van der Waals surface area contributed by atoms with Crippen molar-refractivity contribution in [3.05, 3.63) is 48.0 Å². The molecule has 1 amide bonds. The Balaban J connectivity index is 1.32. The van der Waals surface area contributed by atoms with Crippen LogP contribution in [0, 0.1) is 0 Å². The van der Waals surface area contributed by atoms with Gasteiger partial charge in [-0.15, -0.1) is 11.3 Å². The molecule has 0 saturated carbocycles. The lowest BCUT2D eigenvalue weighted by atomic mass is 10.0. The van der Waals surface area contributed by atoms with E-state index in [1.807, 2.05) is 24.3 Å². The molecule has 1 saturated heterocycles. The number of nitrogens with zero attached hydrogens (tertiary/aromatic N) is 3. The summed E-state index contributed by atoms with van der Waals surface area (Å²) in [5.74, 6) is 0.341. The Bertz CT molecular complexity index is 1200. The van der Waals surface area contributed by atoms with Gasteiger partial charge in [-0.25, -0.2) is 13.4 Å². The second-order valence-corrected chi connectivity index (χ2v) is 12.0. The molecule has 5 rings (SSSR count). The van der Waals surface area contributed by atoms with E-state index in [0.717, 1.165) is 51.5 Å². The molecule has 1 aromatic heterocycles. The van der Waals surface area contributed by atoms with E-state index < -0.39 is 10.0 Å². The Kier molecular flexibility index (Phi) is 5.76. The lowest BCUT2D eigenvalue weighted by molar-refractivity contribution is -0.116. The second-order valence-electron chi connectivity index (χ2n) is 7.79. The third-order valence-electron chi connectivity index (χ3n) is 5.77. The first-order valence-electron chi connectivity index (χ1n) is 10.4. The van der Waals surface area contributed by atoms with Gasteiger partial charge in [0.15, 0.2) is 4.34 Å². The number of para-hydroxylation sites is 1. The maximum atomic E-state index is 13.0. The van der Waals surface area contributed by atoms with E-state index in [-0.39, 0.29) is 5.91 Å². The minimum absolute atomic E-state index is 0.0281. The van der Waals surface area contributed by atoms with Crippen molar-refractivity contribution < 1.29 is 13.2 Å². The second kappa shape index (κ2) is 8.54. The van der Waals surface area contributed by atoms with Crippen LogP contribution in [0.3, 0.4) is 0 Å². The van der Waals surface area contributed by atoms with Crippen LogP contribution in [0.25, 0.3) is 10.2 Å². The van der Waals surface area contributed by atoms with Crippen molar-refractivity contribution in [2.45, 2.75) is 34.9 Å². The summed E-state index contributed by atoms with van der Waals surface area (Å²) in [5.41, 5.74) is 2.73. The molecular weight excluding hydrogens is 450 g/mol. The number of hydrogen-bond acceptors (Lipinski definition) is 6. The summed E-state index contributed by atoms with van der Waals surface area (Å²) in [5, 5.41) is 0. The van der Waals surface area contributed by atoms with Crippen LogP contribution in [0.5, 0.6) is 0 Å². The van der Waals surface area contributed by atoms with E-state index in [9.17, 15) is 13.2 Å². The first kappa shape index (κ1) is 20.9. The molecule has 0 radical (unpaired) electrons. The Labute approximate surface area is 190 Å². The highest BCUT2D eigenvalue weighted by Gasteiger charge is 2.29. The molecule has 0 unspecified atom stereocenters. The average molecular weight is 474 g/mol. The first-order valence-corrected chi connectivity index (χ1v) is 13.7. The molecule has 2 aliphatic heterocycles. The number of hydrogen-bond donors (Lipinski definition) is 0. The molecule has 6 nitrogen and oxygen atoms in total. The van der Waals surface area contributed by atoms with E-state index in [1.165, 1.54) is 11.8 Å². The molecule has 0 atom stereocenters. The Morgan fingerprint density at radius 1 is 1.06 bits per heavy atom. The van der Waals surface area contributed by atoms with Gasteiger partial charge in [0, 0.05) is 25.3 Å². The molecule has 3 heterocycles. The normalized spacial score (nSPS) is 17.2. The molecule has 0 bridgehead atoms. The molecule has 9 heteroatoms. The first-order chi connectivity index (χ1) is 15.0. The highest BCUT2D eigenvalue weighted by atomic mass is 32.2. The van der Waals surface area contributed by atoms with Gasteiger partial charge in [-0.2, -0.15) is 4.31 Å². The summed E-state index contributed by atoms with van der Waals surface area (Å²) >= 11 is 3.06. The smallest absolute Gasteiger partial charge is 0.243 e. The van der Waals surface area contributed by atoms with Crippen molar-refractivity contribution in [2.24, 2.45) is 0 Å². The number of aromatic nitrogens is 1. The molecular formula is C22H23N3O3S3. The van der Waals surface area contributed by atoms with Gasteiger partial charge in [-0.05, 0) is 61.6 Å². The number of aryl methyl sites for hydroxylation is 1.